The molecule has 0 radical (unpaired) electrons. The first-order valence-electron chi connectivity index (χ1n) is 10.4. The van der Waals surface area contributed by atoms with Gasteiger partial charge in [-0.2, -0.15) is 11.3 Å². The number of carbonyl (C=O) groups excluding carboxylic acids is 1. The van der Waals surface area contributed by atoms with Crippen molar-refractivity contribution in [3.05, 3.63) is 34.0 Å². The topological polar surface area (TPSA) is 17.1 Å². The van der Waals surface area contributed by atoms with Gasteiger partial charge in [0.15, 0.2) is 5.78 Å². The quantitative estimate of drug-likeness (QED) is 0.527. The third-order valence-electron chi connectivity index (χ3n) is 8.00. The zero-order valence-corrected chi connectivity index (χ0v) is 16.5. The largest absolute Gasteiger partial charge is 0.295 e. The number of rotatable bonds is 0. The van der Waals surface area contributed by atoms with Crippen molar-refractivity contribution in [2.45, 2.75) is 58.3 Å². The normalized spacial score (nSPS) is 41.3. The average Bonchev–Trinajstić information content (AvgIpc) is 3.28. The van der Waals surface area contributed by atoms with Crippen LogP contribution in [-0.4, -0.2) is 5.78 Å². The van der Waals surface area contributed by atoms with E-state index < -0.39 is 0 Å². The lowest BCUT2D eigenvalue weighted by Crippen LogP contribution is -2.48. The first-order valence-corrected chi connectivity index (χ1v) is 11.4. The third-order valence-corrected chi connectivity index (χ3v) is 8.68. The lowest BCUT2D eigenvalue weighted by molar-refractivity contribution is -0.116. The maximum atomic E-state index is 12.0. The number of hydrogen-bond donors (Lipinski definition) is 0. The lowest BCUT2D eigenvalue weighted by atomic mass is 9.49. The second kappa shape index (κ2) is 6.38. The van der Waals surface area contributed by atoms with Crippen LogP contribution in [0.5, 0.6) is 0 Å². The van der Waals surface area contributed by atoms with Gasteiger partial charge in [0.2, 0.25) is 0 Å². The fourth-order valence-corrected chi connectivity index (χ4v) is 7.57. The van der Waals surface area contributed by atoms with Crippen molar-refractivity contribution in [3.8, 4) is 11.8 Å². The van der Waals surface area contributed by atoms with Gasteiger partial charge in [0.1, 0.15) is 0 Å². The zero-order chi connectivity index (χ0) is 17.7. The van der Waals surface area contributed by atoms with Gasteiger partial charge in [0.25, 0.3) is 0 Å². The summed E-state index contributed by atoms with van der Waals surface area (Å²) in [6, 6.07) is 2.14. The molecule has 3 fully saturated rings. The number of allylic oxidation sites excluding steroid dienone is 1. The van der Waals surface area contributed by atoms with Crippen LogP contribution in [0.1, 0.15) is 63.9 Å². The number of fused-ring (bicyclic) bond motifs is 5. The van der Waals surface area contributed by atoms with Crippen LogP contribution >= 0.6 is 11.3 Å². The van der Waals surface area contributed by atoms with Crippen molar-refractivity contribution in [1.29, 1.82) is 0 Å². The van der Waals surface area contributed by atoms with E-state index in [0.717, 1.165) is 31.1 Å². The molecule has 0 N–H and O–H groups in total. The maximum Gasteiger partial charge on any atom is 0.155 e. The molecule has 2 heteroatoms. The lowest BCUT2D eigenvalue weighted by Gasteiger charge is -2.55. The van der Waals surface area contributed by atoms with Gasteiger partial charge < -0.3 is 0 Å². The van der Waals surface area contributed by atoms with Gasteiger partial charge in [0, 0.05) is 23.3 Å². The van der Waals surface area contributed by atoms with Gasteiger partial charge >= 0.3 is 0 Å². The third kappa shape index (κ3) is 2.71. The molecule has 136 valence electrons. The fraction of sp³-hybridized carbons (Fsp3) is 0.625. The Morgan fingerprint density at radius 1 is 1.23 bits per heavy atom. The monoisotopic (exact) mass is 364 g/mol. The van der Waals surface area contributed by atoms with E-state index in [4.69, 9.17) is 0 Å². The smallest absolute Gasteiger partial charge is 0.155 e. The summed E-state index contributed by atoms with van der Waals surface area (Å²) in [5.41, 5.74) is 3.14. The van der Waals surface area contributed by atoms with Crippen molar-refractivity contribution >= 4 is 17.1 Å². The molecule has 5 rings (SSSR count). The maximum absolute atomic E-state index is 12.0. The van der Waals surface area contributed by atoms with E-state index in [0.29, 0.717) is 29.0 Å². The van der Waals surface area contributed by atoms with Crippen LogP contribution in [0, 0.1) is 46.8 Å². The van der Waals surface area contributed by atoms with Crippen molar-refractivity contribution in [3.63, 3.8) is 0 Å². The molecule has 4 aliphatic rings. The average molecular weight is 365 g/mol. The Balaban J connectivity index is 1.53. The Kier molecular flexibility index (Phi) is 4.13. The van der Waals surface area contributed by atoms with Gasteiger partial charge in [-0.3, -0.25) is 4.79 Å². The van der Waals surface area contributed by atoms with Crippen molar-refractivity contribution in [1.82, 2.24) is 0 Å². The van der Waals surface area contributed by atoms with E-state index in [9.17, 15) is 4.79 Å². The van der Waals surface area contributed by atoms with E-state index in [1.807, 2.05) is 6.08 Å². The Morgan fingerprint density at radius 3 is 3.00 bits per heavy atom. The molecule has 0 unspecified atom stereocenters. The molecule has 1 heterocycles. The van der Waals surface area contributed by atoms with Crippen LogP contribution in [0.25, 0.3) is 0 Å². The molecule has 0 aromatic carbocycles. The Labute approximate surface area is 161 Å². The van der Waals surface area contributed by atoms with E-state index in [1.54, 1.807) is 11.3 Å². The highest BCUT2D eigenvalue weighted by Gasteiger charge is 2.55. The number of thiophene rings is 1. The van der Waals surface area contributed by atoms with E-state index in [-0.39, 0.29) is 0 Å². The van der Waals surface area contributed by atoms with E-state index in [2.05, 4.69) is 35.6 Å². The molecule has 1 aromatic heterocycles. The summed E-state index contributed by atoms with van der Waals surface area (Å²) in [5.74, 6) is 11.1. The molecule has 4 aliphatic carbocycles. The zero-order valence-electron chi connectivity index (χ0n) is 15.7. The molecular formula is C24H28OS. The summed E-state index contributed by atoms with van der Waals surface area (Å²) in [5, 5.41) is 4.29. The molecule has 0 amide bonds. The van der Waals surface area contributed by atoms with Crippen LogP contribution in [0.3, 0.4) is 0 Å². The molecule has 1 aromatic rings. The molecule has 0 saturated heterocycles. The predicted molar refractivity (Wildman–Crippen MR) is 107 cm³/mol. The van der Waals surface area contributed by atoms with Gasteiger partial charge in [-0.1, -0.05) is 30.8 Å². The van der Waals surface area contributed by atoms with Crippen LogP contribution in [-0.2, 0) is 4.79 Å². The summed E-state index contributed by atoms with van der Waals surface area (Å²) in [4.78, 5) is 12.0. The summed E-state index contributed by atoms with van der Waals surface area (Å²) in [7, 11) is 0. The first-order chi connectivity index (χ1) is 12.6. The highest BCUT2D eigenvalue weighted by molar-refractivity contribution is 7.08. The molecule has 6 atom stereocenters. The Hall–Kier alpha value is -1.33. The predicted octanol–water partition coefficient (Wildman–Crippen LogP) is 5.86. The standard InChI is InChI=1S/C24H28OS/c1-24-11-2-3-22(24)21-8-6-17-13-19(25)7-9-20(17)23(21)18(14-24)5-4-16-10-12-26-15-16/h10,12-13,15,18,20-23H,2-3,6-9,11,14H2,1H3/t18-,20-,21-,22-,23+,24-/m0/s1. The number of ketones is 1. The number of hydrogen-bond acceptors (Lipinski definition) is 2. The highest BCUT2D eigenvalue weighted by atomic mass is 32.1. The van der Waals surface area contributed by atoms with Crippen molar-refractivity contribution in [2.75, 3.05) is 0 Å². The molecule has 0 bridgehead atoms. The fourth-order valence-electron chi connectivity index (χ4n) is 6.98. The van der Waals surface area contributed by atoms with Gasteiger partial charge in [-0.05, 0) is 85.1 Å². The molecule has 0 aliphatic heterocycles. The minimum Gasteiger partial charge on any atom is -0.295 e. The molecule has 0 spiro atoms. The van der Waals surface area contributed by atoms with Crippen LogP contribution in [0.4, 0.5) is 0 Å². The van der Waals surface area contributed by atoms with E-state index >= 15 is 0 Å². The molecular weight excluding hydrogens is 336 g/mol. The summed E-state index contributed by atoms with van der Waals surface area (Å²) in [6.45, 7) is 2.55. The Morgan fingerprint density at radius 2 is 2.15 bits per heavy atom. The number of carbonyl (C=O) groups is 1. The Bertz CT molecular complexity index is 792. The highest BCUT2D eigenvalue weighted by Crippen LogP contribution is 2.63. The van der Waals surface area contributed by atoms with Crippen LogP contribution in [0.15, 0.2) is 28.5 Å². The minimum atomic E-state index is 0.358. The van der Waals surface area contributed by atoms with Crippen LogP contribution in [0.2, 0.25) is 0 Å². The SMILES string of the molecule is C[C@@]12CCC[C@H]1[C@@H]1CCC3=CC(=O)CC[C@@H]3[C@H]1[C@@H](C#Cc1ccsc1)C2. The minimum absolute atomic E-state index is 0.358. The van der Waals surface area contributed by atoms with E-state index in [1.165, 1.54) is 43.2 Å². The van der Waals surface area contributed by atoms with Crippen molar-refractivity contribution < 1.29 is 4.79 Å². The summed E-state index contributed by atoms with van der Waals surface area (Å²) < 4.78 is 0. The van der Waals surface area contributed by atoms with Gasteiger partial charge in [-0.25, -0.2) is 0 Å². The molecule has 3 saturated carbocycles. The van der Waals surface area contributed by atoms with Crippen LogP contribution < -0.4 is 0 Å². The molecule has 26 heavy (non-hydrogen) atoms. The second-order valence-electron chi connectivity index (χ2n) is 9.36. The van der Waals surface area contributed by atoms with Gasteiger partial charge in [-0.15, -0.1) is 0 Å². The summed E-state index contributed by atoms with van der Waals surface area (Å²) in [6.07, 6.45) is 11.8. The first kappa shape index (κ1) is 16.8. The summed E-state index contributed by atoms with van der Waals surface area (Å²) >= 11 is 1.73. The van der Waals surface area contributed by atoms with Crippen molar-refractivity contribution in [2.24, 2.45) is 35.0 Å². The van der Waals surface area contributed by atoms with Gasteiger partial charge in [0.05, 0.1) is 0 Å². The second-order valence-corrected chi connectivity index (χ2v) is 10.1. The molecule has 1 nitrogen and oxygen atoms in total.